The van der Waals surface area contributed by atoms with Crippen LogP contribution >= 0.6 is 23.2 Å². The van der Waals surface area contributed by atoms with Crippen LogP contribution in [-0.2, 0) is 26.2 Å². The third kappa shape index (κ3) is 7.03. The highest BCUT2D eigenvalue weighted by Crippen LogP contribution is 2.36. The zero-order chi connectivity index (χ0) is 28.3. The van der Waals surface area contributed by atoms with Crippen LogP contribution in [-0.4, -0.2) is 55.8 Å². The molecule has 1 N–H and O–H groups in total. The number of ether oxygens (including phenoxy) is 2. The maximum atomic E-state index is 13.9. The molecule has 1 aliphatic heterocycles. The zero-order valence-electron chi connectivity index (χ0n) is 22.1. The summed E-state index contributed by atoms with van der Waals surface area (Å²) in [7, 11) is -3.89. The van der Waals surface area contributed by atoms with Gasteiger partial charge in [0.1, 0.15) is 12.6 Å². The van der Waals surface area contributed by atoms with E-state index in [1.165, 1.54) is 17.9 Å². The molecule has 0 spiro atoms. The Morgan fingerprint density at radius 1 is 1.05 bits per heavy atom. The second-order valence-electron chi connectivity index (χ2n) is 9.83. The van der Waals surface area contributed by atoms with Crippen LogP contribution in [0.15, 0.2) is 36.4 Å². The molecule has 0 bridgehead atoms. The van der Waals surface area contributed by atoms with Crippen LogP contribution in [0.1, 0.15) is 46.6 Å². The van der Waals surface area contributed by atoms with E-state index in [4.69, 9.17) is 32.7 Å². The summed E-state index contributed by atoms with van der Waals surface area (Å²) in [4.78, 5) is 28.6. The molecular weight excluding hydrogens is 553 g/mol. The average molecular weight is 587 g/mol. The summed E-state index contributed by atoms with van der Waals surface area (Å²) in [6, 6.07) is 8.71. The van der Waals surface area contributed by atoms with Gasteiger partial charge >= 0.3 is 0 Å². The third-order valence-corrected chi connectivity index (χ3v) is 8.35. The molecule has 2 aromatic rings. The van der Waals surface area contributed by atoms with E-state index in [9.17, 15) is 18.0 Å². The summed E-state index contributed by atoms with van der Waals surface area (Å²) in [5.74, 6) is -0.348. The first-order chi connectivity index (χ1) is 17.8. The van der Waals surface area contributed by atoms with Gasteiger partial charge < -0.3 is 19.7 Å². The van der Waals surface area contributed by atoms with Crippen molar-refractivity contribution in [1.82, 2.24) is 10.2 Å². The highest BCUT2D eigenvalue weighted by molar-refractivity contribution is 7.92. The van der Waals surface area contributed by atoms with Crippen molar-refractivity contribution in [3.05, 3.63) is 52.0 Å². The van der Waals surface area contributed by atoms with Gasteiger partial charge in [-0.15, -0.1) is 0 Å². The van der Waals surface area contributed by atoms with Crippen LogP contribution in [0, 0.1) is 0 Å². The molecule has 0 unspecified atom stereocenters. The SMILES string of the molecule is CC[C@H](C(=O)NC(C)(C)C)N(Cc1c(Cl)cccc1Cl)C(=O)CN(c1ccc2c(c1)OCO2)S(=O)(=O)CC. The fourth-order valence-corrected chi connectivity index (χ4v) is 5.56. The van der Waals surface area contributed by atoms with Gasteiger partial charge in [-0.1, -0.05) is 36.2 Å². The Morgan fingerprint density at radius 3 is 2.26 bits per heavy atom. The normalized spacial score (nSPS) is 13.7. The van der Waals surface area contributed by atoms with E-state index in [0.29, 0.717) is 27.1 Å². The van der Waals surface area contributed by atoms with Gasteiger partial charge in [0.15, 0.2) is 11.5 Å². The van der Waals surface area contributed by atoms with E-state index in [1.807, 2.05) is 20.8 Å². The van der Waals surface area contributed by atoms with Gasteiger partial charge in [0.25, 0.3) is 0 Å². The van der Waals surface area contributed by atoms with Gasteiger partial charge in [0.05, 0.1) is 11.4 Å². The van der Waals surface area contributed by atoms with Gasteiger partial charge in [0, 0.05) is 33.8 Å². The summed E-state index contributed by atoms with van der Waals surface area (Å²) in [5, 5.41) is 3.57. The largest absolute Gasteiger partial charge is 0.454 e. The lowest BCUT2D eigenvalue weighted by molar-refractivity contribution is -0.141. The Hall–Kier alpha value is -2.69. The molecule has 0 aromatic heterocycles. The maximum Gasteiger partial charge on any atom is 0.244 e. The Kier molecular flexibility index (Phi) is 9.43. The summed E-state index contributed by atoms with van der Waals surface area (Å²) >= 11 is 12.8. The van der Waals surface area contributed by atoms with Gasteiger partial charge in [-0.3, -0.25) is 13.9 Å². The minimum absolute atomic E-state index is 0.0195. The number of hydrogen-bond donors (Lipinski definition) is 1. The van der Waals surface area contributed by atoms with Crippen molar-refractivity contribution in [3.8, 4) is 11.5 Å². The van der Waals surface area contributed by atoms with Gasteiger partial charge in [-0.25, -0.2) is 8.42 Å². The molecular formula is C26H33Cl2N3O6S. The number of hydrogen-bond acceptors (Lipinski definition) is 6. The van der Waals surface area contributed by atoms with Crippen LogP contribution in [0.5, 0.6) is 11.5 Å². The highest BCUT2D eigenvalue weighted by atomic mass is 35.5. The zero-order valence-corrected chi connectivity index (χ0v) is 24.4. The van der Waals surface area contributed by atoms with E-state index in [2.05, 4.69) is 5.32 Å². The minimum Gasteiger partial charge on any atom is -0.454 e. The summed E-state index contributed by atoms with van der Waals surface area (Å²) in [6.07, 6.45) is 0.278. The number of nitrogens with zero attached hydrogens (tertiary/aromatic N) is 2. The number of fused-ring (bicyclic) bond motifs is 1. The molecule has 0 aliphatic carbocycles. The predicted octanol–water partition coefficient (Wildman–Crippen LogP) is 4.60. The summed E-state index contributed by atoms with van der Waals surface area (Å²) in [5.41, 5.74) is 0.150. The monoisotopic (exact) mass is 585 g/mol. The number of carbonyl (C=O) groups excluding carboxylic acids is 2. The second kappa shape index (κ2) is 12.0. The van der Waals surface area contributed by atoms with E-state index < -0.39 is 34.1 Å². The molecule has 0 fully saturated rings. The maximum absolute atomic E-state index is 13.9. The molecule has 3 rings (SSSR count). The third-order valence-electron chi connectivity index (χ3n) is 5.90. The summed E-state index contributed by atoms with van der Waals surface area (Å²) in [6.45, 7) is 8.17. The fourth-order valence-electron chi connectivity index (χ4n) is 3.99. The first-order valence-electron chi connectivity index (χ1n) is 12.2. The molecule has 12 heteroatoms. The Balaban J connectivity index is 2.03. The average Bonchev–Trinajstić information content (AvgIpc) is 3.30. The minimum atomic E-state index is -3.89. The van der Waals surface area contributed by atoms with E-state index in [-0.39, 0.29) is 37.1 Å². The van der Waals surface area contributed by atoms with E-state index >= 15 is 0 Å². The Labute approximate surface area is 234 Å². The predicted molar refractivity (Wildman–Crippen MR) is 148 cm³/mol. The summed E-state index contributed by atoms with van der Waals surface area (Å²) < 4.78 is 38.1. The molecule has 208 valence electrons. The molecule has 0 saturated heterocycles. The smallest absolute Gasteiger partial charge is 0.244 e. The molecule has 2 amide bonds. The first kappa shape index (κ1) is 29.9. The standard InChI is InChI=1S/C26H33Cl2N3O6S/c1-6-21(25(33)29-26(3,4)5)30(14-18-19(27)9-8-10-20(18)28)24(32)15-31(38(34,35)7-2)17-11-12-22-23(13-17)37-16-36-22/h8-13,21H,6-7,14-16H2,1-5H3,(H,29,33)/t21-/m1/s1. The number of amides is 2. The number of carbonyl (C=O) groups is 2. The number of rotatable bonds is 10. The van der Waals surface area contributed by atoms with Crippen molar-refractivity contribution < 1.29 is 27.5 Å². The van der Waals surface area contributed by atoms with Crippen LogP contribution in [0.4, 0.5) is 5.69 Å². The van der Waals surface area contributed by atoms with Gasteiger partial charge in [-0.05, 0) is 58.4 Å². The van der Waals surface area contributed by atoms with Crippen molar-refractivity contribution in [3.63, 3.8) is 0 Å². The van der Waals surface area contributed by atoms with E-state index in [0.717, 1.165) is 4.31 Å². The molecule has 1 atom stereocenters. The lowest BCUT2D eigenvalue weighted by Gasteiger charge is -2.35. The topological polar surface area (TPSA) is 105 Å². The molecule has 38 heavy (non-hydrogen) atoms. The molecule has 1 heterocycles. The van der Waals surface area contributed by atoms with Crippen LogP contribution in [0.2, 0.25) is 10.0 Å². The Bertz CT molecular complexity index is 1280. The molecule has 1 aliphatic rings. The van der Waals surface area contributed by atoms with Gasteiger partial charge in [0.2, 0.25) is 28.6 Å². The number of benzene rings is 2. The Morgan fingerprint density at radius 2 is 1.68 bits per heavy atom. The van der Waals surface area contributed by atoms with Crippen molar-refractivity contribution in [2.24, 2.45) is 0 Å². The van der Waals surface area contributed by atoms with Crippen molar-refractivity contribution in [2.75, 3.05) is 23.4 Å². The first-order valence-corrected chi connectivity index (χ1v) is 14.6. The van der Waals surface area contributed by atoms with Crippen molar-refractivity contribution in [1.29, 1.82) is 0 Å². The lowest BCUT2D eigenvalue weighted by Crippen LogP contribution is -2.55. The highest BCUT2D eigenvalue weighted by Gasteiger charge is 2.34. The molecule has 2 aromatic carbocycles. The lowest BCUT2D eigenvalue weighted by atomic mass is 10.1. The van der Waals surface area contributed by atoms with Crippen molar-refractivity contribution in [2.45, 2.75) is 59.2 Å². The van der Waals surface area contributed by atoms with Gasteiger partial charge in [-0.2, -0.15) is 0 Å². The number of halogens is 2. The fraction of sp³-hybridized carbons (Fsp3) is 0.462. The number of anilines is 1. The second-order valence-corrected chi connectivity index (χ2v) is 12.8. The van der Waals surface area contributed by atoms with Crippen molar-refractivity contribution >= 4 is 50.7 Å². The quantitative estimate of drug-likeness (QED) is 0.437. The molecule has 0 radical (unpaired) electrons. The van der Waals surface area contributed by atoms with Crippen LogP contribution in [0.3, 0.4) is 0 Å². The van der Waals surface area contributed by atoms with Crippen LogP contribution in [0.25, 0.3) is 0 Å². The number of nitrogens with one attached hydrogen (secondary N) is 1. The van der Waals surface area contributed by atoms with Crippen LogP contribution < -0.4 is 19.1 Å². The number of sulfonamides is 1. The van der Waals surface area contributed by atoms with E-state index in [1.54, 1.807) is 37.3 Å². The molecule has 0 saturated carbocycles. The molecule has 9 nitrogen and oxygen atoms in total.